The summed E-state index contributed by atoms with van der Waals surface area (Å²) < 4.78 is 11.0. The summed E-state index contributed by atoms with van der Waals surface area (Å²) in [5, 5.41) is 3.64. The number of nitrogens with zero attached hydrogens (tertiary/aromatic N) is 2. The Balaban J connectivity index is 1.64. The van der Waals surface area contributed by atoms with Crippen LogP contribution in [-0.2, 0) is 9.47 Å². The number of hydrogen-bond acceptors (Lipinski definition) is 3. The zero-order valence-corrected chi connectivity index (χ0v) is 14.5. The third-order valence-corrected chi connectivity index (χ3v) is 4.70. The molecule has 1 aliphatic carbocycles. The van der Waals surface area contributed by atoms with Gasteiger partial charge in [-0.25, -0.2) is 0 Å². The first-order valence-corrected chi connectivity index (χ1v) is 8.87. The number of hydrogen-bond donors (Lipinski definition) is 1. The van der Waals surface area contributed by atoms with E-state index >= 15 is 0 Å². The standard InChI is InChI=1S/C17H33N3O2/c1-4-6-14-13-16(14)19-17(18-2)20-9-7-15(8-10-20)22-12-5-11-21-3/h14-16H,4-13H2,1-3H3,(H,18,19). The zero-order valence-electron chi connectivity index (χ0n) is 14.5. The molecule has 22 heavy (non-hydrogen) atoms. The van der Waals surface area contributed by atoms with Gasteiger partial charge in [-0.3, -0.25) is 4.99 Å². The smallest absolute Gasteiger partial charge is 0.193 e. The summed E-state index contributed by atoms with van der Waals surface area (Å²) in [6.45, 7) is 5.95. The molecule has 0 spiro atoms. The van der Waals surface area contributed by atoms with Crippen molar-refractivity contribution in [2.75, 3.05) is 40.5 Å². The zero-order chi connectivity index (χ0) is 15.8. The van der Waals surface area contributed by atoms with Gasteiger partial charge in [0, 0.05) is 46.5 Å². The van der Waals surface area contributed by atoms with Crippen LogP contribution in [0.4, 0.5) is 0 Å². The number of rotatable bonds is 8. The van der Waals surface area contributed by atoms with E-state index in [4.69, 9.17) is 9.47 Å². The molecule has 0 bridgehead atoms. The largest absolute Gasteiger partial charge is 0.385 e. The van der Waals surface area contributed by atoms with E-state index in [0.717, 1.165) is 57.4 Å². The van der Waals surface area contributed by atoms with E-state index in [2.05, 4.69) is 22.1 Å². The second-order valence-electron chi connectivity index (χ2n) is 6.49. The fourth-order valence-electron chi connectivity index (χ4n) is 3.26. The van der Waals surface area contributed by atoms with Gasteiger partial charge < -0.3 is 19.7 Å². The molecular weight excluding hydrogens is 278 g/mol. The van der Waals surface area contributed by atoms with Gasteiger partial charge in [0.15, 0.2) is 5.96 Å². The Labute approximate surface area is 135 Å². The molecule has 2 fully saturated rings. The maximum Gasteiger partial charge on any atom is 0.193 e. The van der Waals surface area contributed by atoms with E-state index in [0.29, 0.717) is 12.1 Å². The van der Waals surface area contributed by atoms with Crippen LogP contribution in [0, 0.1) is 5.92 Å². The Morgan fingerprint density at radius 3 is 2.68 bits per heavy atom. The van der Waals surface area contributed by atoms with Gasteiger partial charge in [0.1, 0.15) is 0 Å². The van der Waals surface area contributed by atoms with Crippen LogP contribution in [0.2, 0.25) is 0 Å². The van der Waals surface area contributed by atoms with Crippen LogP contribution in [0.5, 0.6) is 0 Å². The number of guanidine groups is 1. The van der Waals surface area contributed by atoms with Crippen molar-refractivity contribution in [1.82, 2.24) is 10.2 Å². The molecule has 128 valence electrons. The van der Waals surface area contributed by atoms with E-state index in [1.807, 2.05) is 7.05 Å². The van der Waals surface area contributed by atoms with Gasteiger partial charge >= 0.3 is 0 Å². The monoisotopic (exact) mass is 311 g/mol. The minimum Gasteiger partial charge on any atom is -0.385 e. The normalized spacial score (nSPS) is 26.3. The van der Waals surface area contributed by atoms with Gasteiger partial charge in [-0.15, -0.1) is 0 Å². The average molecular weight is 311 g/mol. The Bertz CT molecular complexity index is 341. The Hall–Kier alpha value is -0.810. The highest BCUT2D eigenvalue weighted by Crippen LogP contribution is 2.34. The van der Waals surface area contributed by atoms with Crippen LogP contribution in [0.25, 0.3) is 0 Å². The maximum atomic E-state index is 5.92. The summed E-state index contributed by atoms with van der Waals surface area (Å²) in [5.74, 6) is 1.95. The highest BCUT2D eigenvalue weighted by Gasteiger charge is 2.37. The first-order valence-electron chi connectivity index (χ1n) is 8.87. The SMILES string of the molecule is CCCC1CC1NC(=NC)N1CCC(OCCCOC)CC1. The number of nitrogens with one attached hydrogen (secondary N) is 1. The van der Waals surface area contributed by atoms with Crippen molar-refractivity contribution in [3.63, 3.8) is 0 Å². The Morgan fingerprint density at radius 1 is 1.27 bits per heavy atom. The molecule has 0 radical (unpaired) electrons. The van der Waals surface area contributed by atoms with Gasteiger partial charge in [0.2, 0.25) is 0 Å². The fourth-order valence-corrected chi connectivity index (χ4v) is 3.26. The average Bonchev–Trinajstić information content (AvgIpc) is 3.28. The minimum atomic E-state index is 0.403. The van der Waals surface area contributed by atoms with Crippen LogP contribution in [0.3, 0.4) is 0 Å². The van der Waals surface area contributed by atoms with Crippen molar-refractivity contribution in [1.29, 1.82) is 0 Å². The molecule has 0 aromatic heterocycles. The second-order valence-corrected chi connectivity index (χ2v) is 6.49. The van der Waals surface area contributed by atoms with Crippen LogP contribution in [0.1, 0.15) is 45.4 Å². The second kappa shape index (κ2) is 9.36. The minimum absolute atomic E-state index is 0.403. The first-order chi connectivity index (χ1) is 10.8. The molecule has 0 aromatic carbocycles. The number of methoxy groups -OCH3 is 1. The maximum absolute atomic E-state index is 5.92. The van der Waals surface area contributed by atoms with Gasteiger partial charge in [-0.05, 0) is 38.0 Å². The van der Waals surface area contributed by atoms with Crippen molar-refractivity contribution in [3.05, 3.63) is 0 Å². The van der Waals surface area contributed by atoms with E-state index < -0.39 is 0 Å². The molecule has 1 N–H and O–H groups in total. The predicted molar refractivity (Wildman–Crippen MR) is 90.3 cm³/mol. The Morgan fingerprint density at radius 2 is 2.05 bits per heavy atom. The number of piperidine rings is 1. The lowest BCUT2D eigenvalue weighted by Crippen LogP contribution is -2.47. The van der Waals surface area contributed by atoms with Crippen LogP contribution in [0.15, 0.2) is 4.99 Å². The quantitative estimate of drug-likeness (QED) is 0.424. The summed E-state index contributed by atoms with van der Waals surface area (Å²) in [4.78, 5) is 6.86. The first kappa shape index (κ1) is 17.5. The van der Waals surface area contributed by atoms with E-state index in [1.165, 1.54) is 19.3 Å². The van der Waals surface area contributed by atoms with Crippen LogP contribution < -0.4 is 5.32 Å². The lowest BCUT2D eigenvalue weighted by molar-refractivity contribution is 0.00989. The number of aliphatic imine (C=N–C) groups is 1. The third kappa shape index (κ3) is 5.43. The molecule has 1 aliphatic heterocycles. The van der Waals surface area contributed by atoms with E-state index in [9.17, 15) is 0 Å². The summed E-state index contributed by atoms with van der Waals surface area (Å²) in [6.07, 6.45) is 7.51. The molecule has 1 saturated heterocycles. The lowest BCUT2D eigenvalue weighted by Gasteiger charge is -2.34. The van der Waals surface area contributed by atoms with E-state index in [-0.39, 0.29) is 0 Å². The van der Waals surface area contributed by atoms with Crippen molar-refractivity contribution >= 4 is 5.96 Å². The van der Waals surface area contributed by atoms with Crippen LogP contribution >= 0.6 is 0 Å². The topological polar surface area (TPSA) is 46.1 Å². The summed E-state index contributed by atoms with van der Waals surface area (Å²) in [7, 11) is 3.63. The summed E-state index contributed by atoms with van der Waals surface area (Å²) in [6, 6.07) is 0.654. The fraction of sp³-hybridized carbons (Fsp3) is 0.941. The highest BCUT2D eigenvalue weighted by atomic mass is 16.5. The van der Waals surface area contributed by atoms with Crippen molar-refractivity contribution in [2.24, 2.45) is 10.9 Å². The van der Waals surface area contributed by atoms with E-state index in [1.54, 1.807) is 7.11 Å². The van der Waals surface area contributed by atoms with Crippen molar-refractivity contribution in [3.8, 4) is 0 Å². The van der Waals surface area contributed by atoms with Gasteiger partial charge in [-0.2, -0.15) is 0 Å². The molecule has 2 unspecified atom stereocenters. The predicted octanol–water partition coefficient (Wildman–Crippen LogP) is 2.27. The highest BCUT2D eigenvalue weighted by molar-refractivity contribution is 5.80. The lowest BCUT2D eigenvalue weighted by atomic mass is 10.1. The van der Waals surface area contributed by atoms with Crippen molar-refractivity contribution in [2.45, 2.75) is 57.6 Å². The van der Waals surface area contributed by atoms with Crippen LogP contribution in [-0.4, -0.2) is 63.5 Å². The number of ether oxygens (including phenoxy) is 2. The van der Waals surface area contributed by atoms with Gasteiger partial charge in [-0.1, -0.05) is 13.3 Å². The molecule has 2 rings (SSSR count). The summed E-state index contributed by atoms with van der Waals surface area (Å²) >= 11 is 0. The molecule has 5 nitrogen and oxygen atoms in total. The molecule has 2 aliphatic rings. The molecule has 2 atom stereocenters. The molecule has 1 heterocycles. The molecule has 5 heteroatoms. The molecule has 0 aromatic rings. The Kier molecular flexibility index (Phi) is 7.46. The summed E-state index contributed by atoms with van der Waals surface area (Å²) in [5.41, 5.74) is 0. The molecular formula is C17H33N3O2. The number of likely N-dealkylation sites (tertiary alicyclic amines) is 1. The van der Waals surface area contributed by atoms with Gasteiger partial charge in [0.05, 0.1) is 6.10 Å². The van der Waals surface area contributed by atoms with Crippen molar-refractivity contribution < 1.29 is 9.47 Å². The van der Waals surface area contributed by atoms with Gasteiger partial charge in [0.25, 0.3) is 0 Å². The third-order valence-electron chi connectivity index (χ3n) is 4.70. The molecule has 0 amide bonds. The molecule has 1 saturated carbocycles.